The molecule has 1 aliphatic rings. The molecule has 6 heteroatoms. The van der Waals surface area contributed by atoms with Crippen molar-refractivity contribution in [3.8, 4) is 6.07 Å². The summed E-state index contributed by atoms with van der Waals surface area (Å²) in [6.45, 7) is 12.8. The number of carbonyl (C=O) groups excluding carboxylic acids is 1. The fourth-order valence-corrected chi connectivity index (χ4v) is 3.50. The molecule has 2 N–H and O–H groups in total. The molecule has 2 atom stereocenters. The minimum atomic E-state index is -0.509. The van der Waals surface area contributed by atoms with Gasteiger partial charge in [-0.3, -0.25) is 0 Å². The van der Waals surface area contributed by atoms with E-state index in [0.717, 1.165) is 25.2 Å². The van der Waals surface area contributed by atoms with E-state index in [1.54, 1.807) is 12.3 Å². The maximum absolute atomic E-state index is 12.3. The summed E-state index contributed by atoms with van der Waals surface area (Å²) in [5.41, 5.74) is -0.403. The molecule has 1 saturated carbocycles. The van der Waals surface area contributed by atoms with Crippen molar-refractivity contribution < 1.29 is 9.53 Å². The first-order chi connectivity index (χ1) is 12.0. The van der Waals surface area contributed by atoms with Gasteiger partial charge in [0.1, 0.15) is 17.5 Å². The molecule has 1 aromatic heterocycles. The minimum Gasteiger partial charge on any atom is -0.444 e. The monoisotopic (exact) mass is 358 g/mol. The second-order valence-corrected chi connectivity index (χ2v) is 8.84. The topological polar surface area (TPSA) is 87.0 Å². The summed E-state index contributed by atoms with van der Waals surface area (Å²) in [6, 6.07) is 5.64. The van der Waals surface area contributed by atoms with E-state index in [-0.39, 0.29) is 17.0 Å². The van der Waals surface area contributed by atoms with E-state index in [9.17, 15) is 4.79 Å². The van der Waals surface area contributed by atoms with E-state index in [1.807, 2.05) is 26.8 Å². The van der Waals surface area contributed by atoms with Crippen LogP contribution in [0.15, 0.2) is 18.3 Å². The Morgan fingerprint density at radius 2 is 2.08 bits per heavy atom. The zero-order valence-corrected chi connectivity index (χ0v) is 16.6. The largest absolute Gasteiger partial charge is 0.444 e. The van der Waals surface area contributed by atoms with E-state index in [0.29, 0.717) is 11.5 Å². The number of ether oxygens (including phenoxy) is 1. The number of alkyl carbamates (subject to hydrolysis) is 1. The highest BCUT2D eigenvalue weighted by atomic mass is 16.6. The molecule has 1 fully saturated rings. The predicted octanol–water partition coefficient (Wildman–Crippen LogP) is 4.08. The van der Waals surface area contributed by atoms with Crippen LogP contribution in [0.25, 0.3) is 0 Å². The Labute approximate surface area is 156 Å². The minimum absolute atomic E-state index is 0.108. The fourth-order valence-electron chi connectivity index (χ4n) is 3.50. The lowest BCUT2D eigenvalue weighted by molar-refractivity contribution is 0.0356. The van der Waals surface area contributed by atoms with Crippen LogP contribution in [0.4, 0.5) is 10.6 Å². The molecular weight excluding hydrogens is 328 g/mol. The number of carbonyl (C=O) groups is 1. The zero-order chi connectivity index (χ0) is 19.6. The zero-order valence-electron chi connectivity index (χ0n) is 16.6. The van der Waals surface area contributed by atoms with Gasteiger partial charge in [-0.25, -0.2) is 9.78 Å². The van der Waals surface area contributed by atoms with Crippen LogP contribution in [0.2, 0.25) is 0 Å². The van der Waals surface area contributed by atoms with E-state index in [4.69, 9.17) is 10.00 Å². The average Bonchev–Trinajstić information content (AvgIpc) is 2.74. The highest BCUT2D eigenvalue weighted by Gasteiger charge is 2.52. The number of rotatable bonds is 4. The molecule has 26 heavy (non-hydrogen) atoms. The normalized spacial score (nSPS) is 24.6. The molecule has 0 unspecified atom stereocenters. The Morgan fingerprint density at radius 1 is 1.38 bits per heavy atom. The van der Waals surface area contributed by atoms with Gasteiger partial charge in [0.15, 0.2) is 0 Å². The first kappa shape index (κ1) is 20.0. The third-order valence-electron chi connectivity index (χ3n) is 5.63. The molecular formula is C20H30N4O2. The summed E-state index contributed by atoms with van der Waals surface area (Å²) in [7, 11) is 0. The standard InChI is InChI=1S/C20H30N4O2/c1-18(2,3)26-17(25)24-20(6)10-9-15(19(20,4)5)13-23-16-8-7-14(11-21)12-22-16/h7-8,12,15H,9-10,13H2,1-6H3,(H,22,23)(H,24,25)/t15-,20-/m1/s1. The SMILES string of the molecule is CC(C)(C)OC(=O)N[C@]1(C)CC[C@H](CNc2ccc(C#N)cn2)C1(C)C. The molecule has 0 aromatic carbocycles. The van der Waals surface area contributed by atoms with Crippen LogP contribution in [-0.4, -0.2) is 28.8 Å². The number of amides is 1. The molecule has 0 spiro atoms. The van der Waals surface area contributed by atoms with Gasteiger partial charge in [0.25, 0.3) is 0 Å². The lowest BCUT2D eigenvalue weighted by atomic mass is 9.71. The quantitative estimate of drug-likeness (QED) is 0.846. The maximum Gasteiger partial charge on any atom is 0.408 e. The van der Waals surface area contributed by atoms with Gasteiger partial charge in [0, 0.05) is 18.3 Å². The summed E-state index contributed by atoms with van der Waals surface area (Å²) in [5, 5.41) is 15.3. The number of pyridine rings is 1. The van der Waals surface area contributed by atoms with Crippen molar-refractivity contribution >= 4 is 11.9 Å². The number of hydrogen-bond donors (Lipinski definition) is 2. The Balaban J connectivity index is 1.99. The highest BCUT2D eigenvalue weighted by molar-refractivity contribution is 5.69. The molecule has 1 aromatic rings. The second-order valence-electron chi connectivity index (χ2n) is 8.84. The van der Waals surface area contributed by atoms with Gasteiger partial charge in [-0.1, -0.05) is 13.8 Å². The molecule has 1 heterocycles. The average molecular weight is 358 g/mol. The number of nitriles is 1. The van der Waals surface area contributed by atoms with Gasteiger partial charge >= 0.3 is 6.09 Å². The van der Waals surface area contributed by atoms with Gasteiger partial charge in [-0.15, -0.1) is 0 Å². The number of nitrogens with one attached hydrogen (secondary N) is 2. The summed E-state index contributed by atoms with van der Waals surface area (Å²) in [4.78, 5) is 16.5. The van der Waals surface area contributed by atoms with Crippen molar-refractivity contribution in [2.75, 3.05) is 11.9 Å². The smallest absolute Gasteiger partial charge is 0.408 e. The van der Waals surface area contributed by atoms with Crippen molar-refractivity contribution in [3.63, 3.8) is 0 Å². The van der Waals surface area contributed by atoms with Crippen molar-refractivity contribution in [1.82, 2.24) is 10.3 Å². The van der Waals surface area contributed by atoms with Gasteiger partial charge in [0.05, 0.1) is 5.56 Å². The van der Waals surface area contributed by atoms with Gasteiger partial charge in [-0.2, -0.15) is 5.26 Å². The molecule has 142 valence electrons. The first-order valence-corrected chi connectivity index (χ1v) is 9.08. The lowest BCUT2D eigenvalue weighted by Gasteiger charge is -2.42. The Morgan fingerprint density at radius 3 is 2.62 bits per heavy atom. The maximum atomic E-state index is 12.3. The molecule has 0 radical (unpaired) electrons. The highest BCUT2D eigenvalue weighted by Crippen LogP contribution is 2.50. The lowest BCUT2D eigenvalue weighted by Crippen LogP contribution is -2.55. The van der Waals surface area contributed by atoms with Gasteiger partial charge < -0.3 is 15.4 Å². The van der Waals surface area contributed by atoms with Crippen molar-refractivity contribution in [2.45, 2.75) is 65.5 Å². The number of aromatic nitrogens is 1. The fraction of sp³-hybridized carbons (Fsp3) is 0.650. The van der Waals surface area contributed by atoms with Crippen molar-refractivity contribution in [1.29, 1.82) is 5.26 Å². The molecule has 1 amide bonds. The number of hydrogen-bond acceptors (Lipinski definition) is 5. The third kappa shape index (κ3) is 4.46. The van der Waals surface area contributed by atoms with Crippen LogP contribution in [0.1, 0.15) is 59.9 Å². The van der Waals surface area contributed by atoms with E-state index >= 15 is 0 Å². The third-order valence-corrected chi connectivity index (χ3v) is 5.63. The van der Waals surface area contributed by atoms with Gasteiger partial charge in [-0.05, 0) is 64.0 Å². The van der Waals surface area contributed by atoms with Crippen LogP contribution in [0, 0.1) is 22.7 Å². The Hall–Kier alpha value is -2.29. The van der Waals surface area contributed by atoms with Crippen LogP contribution in [0.3, 0.4) is 0 Å². The molecule has 6 nitrogen and oxygen atoms in total. The van der Waals surface area contributed by atoms with E-state index in [1.165, 1.54) is 0 Å². The van der Waals surface area contributed by atoms with Gasteiger partial charge in [0.2, 0.25) is 0 Å². The summed E-state index contributed by atoms with van der Waals surface area (Å²) in [6.07, 6.45) is 3.10. The predicted molar refractivity (Wildman–Crippen MR) is 102 cm³/mol. The van der Waals surface area contributed by atoms with E-state index in [2.05, 4.69) is 42.5 Å². The van der Waals surface area contributed by atoms with Crippen molar-refractivity contribution in [2.24, 2.45) is 11.3 Å². The molecule has 0 bridgehead atoms. The summed E-state index contributed by atoms with van der Waals surface area (Å²) in [5.74, 6) is 1.13. The Kier molecular flexibility index (Phi) is 5.50. The second kappa shape index (κ2) is 7.14. The van der Waals surface area contributed by atoms with Crippen LogP contribution in [0.5, 0.6) is 0 Å². The summed E-state index contributed by atoms with van der Waals surface area (Å²) < 4.78 is 5.44. The van der Waals surface area contributed by atoms with Crippen molar-refractivity contribution in [3.05, 3.63) is 23.9 Å². The first-order valence-electron chi connectivity index (χ1n) is 9.08. The molecule has 2 rings (SSSR count). The number of nitrogens with zero attached hydrogens (tertiary/aromatic N) is 2. The van der Waals surface area contributed by atoms with Crippen LogP contribution in [-0.2, 0) is 4.74 Å². The molecule has 1 aliphatic carbocycles. The Bertz CT molecular complexity index is 685. The van der Waals surface area contributed by atoms with E-state index < -0.39 is 5.60 Å². The van der Waals surface area contributed by atoms with Crippen LogP contribution >= 0.6 is 0 Å². The molecule has 0 aliphatic heterocycles. The number of anilines is 1. The summed E-state index contributed by atoms with van der Waals surface area (Å²) >= 11 is 0. The molecule has 0 saturated heterocycles. The van der Waals surface area contributed by atoms with Crippen LogP contribution < -0.4 is 10.6 Å².